The lowest BCUT2D eigenvalue weighted by molar-refractivity contribution is 0.610. The maximum absolute atomic E-state index is 13.6. The fraction of sp³-hybridized carbons (Fsp3) is 0.462. The van der Waals surface area contributed by atoms with Gasteiger partial charge in [0.05, 0.1) is 5.52 Å². The molecule has 0 radical (unpaired) electrons. The molecule has 0 bridgehead atoms. The molecule has 1 aromatic heterocycles. The maximum atomic E-state index is 13.6. The highest BCUT2D eigenvalue weighted by atomic mass is 32.2. The first-order valence-electron chi connectivity index (χ1n) is 6.10. The van der Waals surface area contributed by atoms with Crippen LogP contribution in [0.25, 0.3) is 11.0 Å². The van der Waals surface area contributed by atoms with Crippen molar-refractivity contribution in [3.8, 4) is 0 Å². The Bertz CT molecular complexity index is 574. The maximum Gasteiger partial charge on any atom is 0.178 e. The minimum Gasteiger partial charge on any atom is -0.328 e. The molecule has 0 aliphatic rings. The van der Waals surface area contributed by atoms with Crippen molar-refractivity contribution in [2.24, 2.45) is 0 Å². The topological polar surface area (TPSA) is 20.7 Å². The van der Waals surface area contributed by atoms with Gasteiger partial charge in [-0.2, -0.15) is 11.8 Å². The van der Waals surface area contributed by atoms with Gasteiger partial charge >= 0.3 is 0 Å². The Hall–Kier alpha value is -0.810. The van der Waals surface area contributed by atoms with Crippen LogP contribution in [0.15, 0.2) is 18.2 Å². The number of nitrogens with one attached hydrogen (secondary N) is 1. The number of thioether (sulfide) groups is 1. The van der Waals surface area contributed by atoms with Crippen LogP contribution in [0, 0.1) is 10.6 Å². The minimum atomic E-state index is -0.236. The molecule has 0 saturated heterocycles. The Morgan fingerprint density at radius 3 is 2.94 bits per heavy atom. The molecular formula is C13H17FN2S2. The van der Waals surface area contributed by atoms with Gasteiger partial charge in [0, 0.05) is 6.54 Å². The van der Waals surface area contributed by atoms with E-state index in [1.165, 1.54) is 24.7 Å². The van der Waals surface area contributed by atoms with Crippen LogP contribution in [-0.2, 0) is 6.54 Å². The summed E-state index contributed by atoms with van der Waals surface area (Å²) in [5.74, 6) is 0.966. The molecule has 0 atom stereocenters. The highest BCUT2D eigenvalue weighted by Crippen LogP contribution is 2.18. The standard InChI is InChI=1S/C13H17FN2S2/c1-18-9-4-2-3-8-16-11-7-5-6-10(14)12(11)15-13(16)17/h5-7H,2-4,8-9H2,1H3,(H,15,17). The van der Waals surface area contributed by atoms with Gasteiger partial charge in [0.2, 0.25) is 0 Å². The number of H-pyrrole nitrogens is 1. The first-order chi connectivity index (χ1) is 8.74. The number of aryl methyl sites for hydroxylation is 1. The van der Waals surface area contributed by atoms with Gasteiger partial charge in [-0.05, 0) is 49.2 Å². The van der Waals surface area contributed by atoms with Crippen LogP contribution >= 0.6 is 24.0 Å². The third kappa shape index (κ3) is 2.95. The summed E-state index contributed by atoms with van der Waals surface area (Å²) >= 11 is 7.12. The van der Waals surface area contributed by atoms with Crippen LogP contribution in [-0.4, -0.2) is 21.6 Å². The van der Waals surface area contributed by atoms with Crippen LogP contribution in [0.4, 0.5) is 4.39 Å². The van der Waals surface area contributed by atoms with Crippen LogP contribution in [0.1, 0.15) is 19.3 Å². The molecule has 0 saturated carbocycles. The van der Waals surface area contributed by atoms with E-state index in [9.17, 15) is 4.39 Å². The molecule has 2 nitrogen and oxygen atoms in total. The second kappa shape index (κ2) is 6.38. The third-order valence-electron chi connectivity index (χ3n) is 2.99. The summed E-state index contributed by atoms with van der Waals surface area (Å²) in [5, 5.41) is 0. The SMILES string of the molecule is CSCCCCCn1c(=S)[nH]c2c(F)cccc21. The molecular weight excluding hydrogens is 267 g/mol. The number of aromatic nitrogens is 2. The summed E-state index contributed by atoms with van der Waals surface area (Å²) in [5.41, 5.74) is 1.39. The van der Waals surface area contributed by atoms with Gasteiger partial charge in [-0.3, -0.25) is 0 Å². The van der Waals surface area contributed by atoms with Crippen molar-refractivity contribution < 1.29 is 4.39 Å². The van der Waals surface area contributed by atoms with E-state index < -0.39 is 0 Å². The van der Waals surface area contributed by atoms with Gasteiger partial charge in [0.25, 0.3) is 0 Å². The number of hydrogen-bond acceptors (Lipinski definition) is 2. The van der Waals surface area contributed by atoms with Gasteiger partial charge < -0.3 is 9.55 Å². The van der Waals surface area contributed by atoms with Crippen molar-refractivity contribution in [1.82, 2.24) is 9.55 Å². The van der Waals surface area contributed by atoms with Gasteiger partial charge in [-0.15, -0.1) is 0 Å². The largest absolute Gasteiger partial charge is 0.328 e. The molecule has 2 rings (SSSR count). The van der Waals surface area contributed by atoms with Crippen molar-refractivity contribution in [3.63, 3.8) is 0 Å². The van der Waals surface area contributed by atoms with E-state index in [-0.39, 0.29) is 5.82 Å². The Balaban J connectivity index is 2.11. The van der Waals surface area contributed by atoms with E-state index in [1.54, 1.807) is 6.07 Å². The lowest BCUT2D eigenvalue weighted by Gasteiger charge is -2.04. The average Bonchev–Trinajstić information content (AvgIpc) is 2.68. The van der Waals surface area contributed by atoms with Gasteiger partial charge in [-0.25, -0.2) is 4.39 Å². The second-order valence-electron chi connectivity index (χ2n) is 4.27. The molecule has 1 heterocycles. The number of para-hydroxylation sites is 1. The lowest BCUT2D eigenvalue weighted by atomic mass is 10.2. The van der Waals surface area contributed by atoms with Gasteiger partial charge in [0.1, 0.15) is 11.3 Å². The number of aromatic amines is 1. The number of imidazole rings is 1. The first-order valence-corrected chi connectivity index (χ1v) is 7.90. The summed E-state index contributed by atoms with van der Waals surface area (Å²) in [7, 11) is 0. The average molecular weight is 284 g/mol. The van der Waals surface area contributed by atoms with E-state index in [4.69, 9.17) is 12.2 Å². The van der Waals surface area contributed by atoms with Crippen molar-refractivity contribution in [2.75, 3.05) is 12.0 Å². The molecule has 0 fully saturated rings. The molecule has 2 aromatic rings. The van der Waals surface area contributed by atoms with E-state index in [2.05, 4.69) is 11.2 Å². The van der Waals surface area contributed by atoms with Gasteiger partial charge in [0.15, 0.2) is 4.77 Å². The predicted octanol–water partition coefficient (Wildman–Crippen LogP) is 4.37. The smallest absolute Gasteiger partial charge is 0.178 e. The van der Waals surface area contributed by atoms with Crippen LogP contribution in [0.5, 0.6) is 0 Å². The summed E-state index contributed by atoms with van der Waals surface area (Å²) in [4.78, 5) is 2.95. The van der Waals surface area contributed by atoms with E-state index >= 15 is 0 Å². The summed E-state index contributed by atoms with van der Waals surface area (Å²) in [6.07, 6.45) is 5.62. The number of halogens is 1. The highest BCUT2D eigenvalue weighted by molar-refractivity contribution is 7.98. The fourth-order valence-electron chi connectivity index (χ4n) is 2.06. The second-order valence-corrected chi connectivity index (χ2v) is 5.64. The Morgan fingerprint density at radius 2 is 2.17 bits per heavy atom. The first kappa shape index (κ1) is 13.6. The van der Waals surface area contributed by atoms with Crippen LogP contribution in [0.2, 0.25) is 0 Å². The minimum absolute atomic E-state index is 0.236. The number of rotatable bonds is 6. The Labute approximate surface area is 116 Å². The quantitative estimate of drug-likeness (QED) is 0.628. The van der Waals surface area contributed by atoms with Crippen LogP contribution in [0.3, 0.4) is 0 Å². The summed E-state index contributed by atoms with van der Waals surface area (Å²) < 4.78 is 16.2. The molecule has 0 aliphatic carbocycles. The normalized spacial score (nSPS) is 11.2. The molecule has 0 spiro atoms. The zero-order chi connectivity index (χ0) is 13.0. The number of unbranched alkanes of at least 4 members (excludes halogenated alkanes) is 2. The molecule has 98 valence electrons. The molecule has 0 amide bonds. The molecule has 5 heteroatoms. The fourth-order valence-corrected chi connectivity index (χ4v) is 2.84. The number of hydrogen-bond donors (Lipinski definition) is 1. The molecule has 1 N–H and O–H groups in total. The Kier molecular flexibility index (Phi) is 4.83. The van der Waals surface area contributed by atoms with E-state index in [0.717, 1.165) is 18.5 Å². The molecule has 1 aromatic carbocycles. The number of fused-ring (bicyclic) bond motifs is 1. The monoisotopic (exact) mass is 284 g/mol. The van der Waals surface area contributed by atoms with Crippen molar-refractivity contribution >= 4 is 35.0 Å². The van der Waals surface area contributed by atoms with E-state index in [0.29, 0.717) is 10.3 Å². The van der Waals surface area contributed by atoms with Crippen LogP contribution < -0.4 is 0 Å². The number of benzene rings is 1. The Morgan fingerprint density at radius 1 is 1.33 bits per heavy atom. The zero-order valence-electron chi connectivity index (χ0n) is 10.4. The van der Waals surface area contributed by atoms with E-state index in [1.807, 2.05) is 22.4 Å². The zero-order valence-corrected chi connectivity index (χ0v) is 12.0. The summed E-state index contributed by atoms with van der Waals surface area (Å²) in [6, 6.07) is 5.09. The summed E-state index contributed by atoms with van der Waals surface area (Å²) in [6.45, 7) is 0.858. The molecule has 0 unspecified atom stereocenters. The number of nitrogens with zero attached hydrogens (tertiary/aromatic N) is 1. The van der Waals surface area contributed by atoms with Gasteiger partial charge in [-0.1, -0.05) is 12.5 Å². The van der Waals surface area contributed by atoms with Crippen molar-refractivity contribution in [1.29, 1.82) is 0 Å². The molecule has 0 aliphatic heterocycles. The predicted molar refractivity (Wildman–Crippen MR) is 79.3 cm³/mol. The van der Waals surface area contributed by atoms with Crippen molar-refractivity contribution in [3.05, 3.63) is 28.8 Å². The lowest BCUT2D eigenvalue weighted by Crippen LogP contribution is -1.98. The molecule has 18 heavy (non-hydrogen) atoms. The highest BCUT2D eigenvalue weighted by Gasteiger charge is 2.07. The van der Waals surface area contributed by atoms with Crippen molar-refractivity contribution in [2.45, 2.75) is 25.8 Å². The third-order valence-corrected chi connectivity index (χ3v) is 4.01.